The van der Waals surface area contributed by atoms with Crippen molar-refractivity contribution in [2.24, 2.45) is 0 Å². The topological polar surface area (TPSA) is 47.6 Å². The van der Waals surface area contributed by atoms with Crippen LogP contribution in [0.1, 0.15) is 30.4 Å². The summed E-state index contributed by atoms with van der Waals surface area (Å²) in [5, 5.41) is 2.92. The van der Waals surface area contributed by atoms with Gasteiger partial charge in [-0.3, -0.25) is 4.79 Å². The van der Waals surface area contributed by atoms with E-state index < -0.39 is 0 Å². The second-order valence-corrected chi connectivity index (χ2v) is 5.09. The van der Waals surface area contributed by atoms with Crippen molar-refractivity contribution >= 4 is 5.91 Å². The van der Waals surface area contributed by atoms with Crippen LogP contribution in [0.4, 0.5) is 0 Å². The molecule has 1 N–H and O–H groups in total. The van der Waals surface area contributed by atoms with Crippen molar-refractivity contribution < 1.29 is 14.3 Å². The maximum atomic E-state index is 11.8. The minimum atomic E-state index is -0.152. The number of amides is 1. The van der Waals surface area contributed by atoms with Crippen molar-refractivity contribution in [3.05, 3.63) is 35.4 Å². The molecule has 1 fully saturated rings. The van der Waals surface area contributed by atoms with Crippen LogP contribution in [0.15, 0.2) is 24.3 Å². The molecule has 20 heavy (non-hydrogen) atoms. The molecule has 1 heterocycles. The van der Waals surface area contributed by atoms with E-state index in [9.17, 15) is 4.79 Å². The van der Waals surface area contributed by atoms with Crippen LogP contribution in [-0.4, -0.2) is 32.0 Å². The quantitative estimate of drug-likeness (QED) is 0.867. The summed E-state index contributed by atoms with van der Waals surface area (Å²) < 4.78 is 10.9. The van der Waals surface area contributed by atoms with Crippen LogP contribution >= 0.6 is 0 Å². The zero-order chi connectivity index (χ0) is 14.2. The molecular weight excluding hydrogens is 254 g/mol. The highest BCUT2D eigenvalue weighted by Gasteiger charge is 2.13. The summed E-state index contributed by atoms with van der Waals surface area (Å²) in [6.45, 7) is 4.19. The third-order valence-electron chi connectivity index (χ3n) is 3.48. The van der Waals surface area contributed by atoms with Gasteiger partial charge in [-0.1, -0.05) is 24.3 Å². The molecule has 1 aromatic carbocycles. The normalized spacial score (nSPS) is 16.1. The molecule has 0 aliphatic carbocycles. The van der Waals surface area contributed by atoms with Crippen molar-refractivity contribution in [2.45, 2.75) is 38.9 Å². The monoisotopic (exact) mass is 277 g/mol. The van der Waals surface area contributed by atoms with Crippen LogP contribution in [0, 0.1) is 6.92 Å². The molecule has 0 saturated carbocycles. The first kappa shape index (κ1) is 15.0. The van der Waals surface area contributed by atoms with Crippen molar-refractivity contribution in [1.82, 2.24) is 5.32 Å². The highest BCUT2D eigenvalue weighted by atomic mass is 16.7. The van der Waals surface area contributed by atoms with Crippen LogP contribution in [0.25, 0.3) is 0 Å². The van der Waals surface area contributed by atoms with Crippen molar-refractivity contribution in [3.8, 4) is 0 Å². The van der Waals surface area contributed by atoms with E-state index in [0.29, 0.717) is 13.0 Å². The number of rotatable bonds is 6. The Morgan fingerprint density at radius 1 is 1.30 bits per heavy atom. The summed E-state index contributed by atoms with van der Waals surface area (Å²) in [7, 11) is 0. The third kappa shape index (κ3) is 4.94. The number of hydrogen-bond acceptors (Lipinski definition) is 3. The second-order valence-electron chi connectivity index (χ2n) is 5.09. The fourth-order valence-electron chi connectivity index (χ4n) is 2.26. The van der Waals surface area contributed by atoms with E-state index in [2.05, 4.69) is 24.4 Å². The van der Waals surface area contributed by atoms with E-state index in [4.69, 9.17) is 9.47 Å². The maximum absolute atomic E-state index is 11.8. The summed E-state index contributed by atoms with van der Waals surface area (Å²) in [5.74, 6) is 0.0871. The van der Waals surface area contributed by atoms with Gasteiger partial charge in [-0.2, -0.15) is 0 Å². The molecular formula is C16H23NO3. The van der Waals surface area contributed by atoms with Crippen LogP contribution < -0.4 is 5.32 Å². The SMILES string of the molecule is Cc1ccccc1CCC(=O)NCCC1OCCCO1. The molecule has 1 aliphatic heterocycles. The van der Waals surface area contributed by atoms with Gasteiger partial charge in [-0.05, 0) is 30.9 Å². The van der Waals surface area contributed by atoms with E-state index in [1.54, 1.807) is 0 Å². The molecule has 1 amide bonds. The predicted molar refractivity (Wildman–Crippen MR) is 77.4 cm³/mol. The smallest absolute Gasteiger partial charge is 0.220 e. The number of ether oxygens (including phenoxy) is 2. The van der Waals surface area contributed by atoms with Gasteiger partial charge >= 0.3 is 0 Å². The lowest BCUT2D eigenvalue weighted by Crippen LogP contribution is -2.31. The lowest BCUT2D eigenvalue weighted by Gasteiger charge is -2.23. The number of benzene rings is 1. The third-order valence-corrected chi connectivity index (χ3v) is 3.48. The van der Waals surface area contributed by atoms with Crippen molar-refractivity contribution in [2.75, 3.05) is 19.8 Å². The molecule has 4 heteroatoms. The molecule has 1 aromatic rings. The average Bonchev–Trinajstić information content (AvgIpc) is 2.47. The first-order valence-corrected chi connectivity index (χ1v) is 7.30. The molecule has 110 valence electrons. The van der Waals surface area contributed by atoms with E-state index in [1.165, 1.54) is 11.1 Å². The standard InChI is InChI=1S/C16H23NO3/c1-13-5-2-3-6-14(13)7-8-15(18)17-10-9-16-19-11-4-12-20-16/h2-3,5-6,16H,4,7-12H2,1H3,(H,17,18). The van der Waals surface area contributed by atoms with Gasteiger partial charge in [-0.25, -0.2) is 0 Å². The summed E-state index contributed by atoms with van der Waals surface area (Å²) in [6.07, 6.45) is 2.84. The lowest BCUT2D eigenvalue weighted by molar-refractivity contribution is -0.180. The van der Waals surface area contributed by atoms with Crippen LogP contribution in [0.3, 0.4) is 0 Å². The maximum Gasteiger partial charge on any atom is 0.220 e. The first-order chi connectivity index (χ1) is 9.75. The predicted octanol–water partition coefficient (Wildman–Crippen LogP) is 2.20. The highest BCUT2D eigenvalue weighted by molar-refractivity contribution is 5.76. The van der Waals surface area contributed by atoms with Gasteiger partial charge in [0.15, 0.2) is 6.29 Å². The first-order valence-electron chi connectivity index (χ1n) is 7.30. The lowest BCUT2D eigenvalue weighted by atomic mass is 10.0. The Hall–Kier alpha value is -1.39. The average molecular weight is 277 g/mol. The molecule has 4 nitrogen and oxygen atoms in total. The number of aryl methyl sites for hydroxylation is 2. The van der Waals surface area contributed by atoms with E-state index in [1.807, 2.05) is 12.1 Å². The van der Waals surface area contributed by atoms with Gasteiger partial charge < -0.3 is 14.8 Å². The van der Waals surface area contributed by atoms with E-state index in [0.717, 1.165) is 32.5 Å². The molecule has 0 bridgehead atoms. The van der Waals surface area contributed by atoms with Crippen molar-refractivity contribution in [1.29, 1.82) is 0 Å². The van der Waals surface area contributed by atoms with Gasteiger partial charge in [0, 0.05) is 19.4 Å². The minimum absolute atomic E-state index is 0.0871. The molecule has 0 aromatic heterocycles. The zero-order valence-corrected chi connectivity index (χ0v) is 12.1. The van der Waals surface area contributed by atoms with E-state index >= 15 is 0 Å². The Morgan fingerprint density at radius 2 is 2.05 bits per heavy atom. The van der Waals surface area contributed by atoms with Crippen molar-refractivity contribution in [3.63, 3.8) is 0 Å². The van der Waals surface area contributed by atoms with Gasteiger partial charge in [0.25, 0.3) is 0 Å². The number of hydrogen-bond donors (Lipinski definition) is 1. The summed E-state index contributed by atoms with van der Waals surface area (Å²) in [5.41, 5.74) is 2.48. The minimum Gasteiger partial charge on any atom is -0.356 e. The summed E-state index contributed by atoms with van der Waals surface area (Å²) >= 11 is 0. The molecule has 0 spiro atoms. The Bertz CT molecular complexity index is 427. The number of carbonyl (C=O) groups excluding carboxylic acids is 1. The zero-order valence-electron chi connectivity index (χ0n) is 12.1. The molecule has 1 saturated heterocycles. The molecule has 1 aliphatic rings. The fourth-order valence-corrected chi connectivity index (χ4v) is 2.26. The largest absolute Gasteiger partial charge is 0.356 e. The van der Waals surface area contributed by atoms with E-state index in [-0.39, 0.29) is 12.2 Å². The Balaban J connectivity index is 1.62. The second kappa shape index (κ2) is 8.02. The molecule has 2 rings (SSSR count). The van der Waals surface area contributed by atoms with Gasteiger partial charge in [0.2, 0.25) is 5.91 Å². The summed E-state index contributed by atoms with van der Waals surface area (Å²) in [4.78, 5) is 11.8. The van der Waals surface area contributed by atoms with Crippen LogP contribution in [0.2, 0.25) is 0 Å². The Labute approximate surface area is 120 Å². The molecule has 0 atom stereocenters. The fraction of sp³-hybridized carbons (Fsp3) is 0.562. The Kier molecular flexibility index (Phi) is 6.02. The highest BCUT2D eigenvalue weighted by Crippen LogP contribution is 2.10. The van der Waals surface area contributed by atoms with Gasteiger partial charge in [-0.15, -0.1) is 0 Å². The van der Waals surface area contributed by atoms with Gasteiger partial charge in [0.05, 0.1) is 13.2 Å². The molecule has 0 unspecified atom stereocenters. The number of carbonyl (C=O) groups is 1. The van der Waals surface area contributed by atoms with Gasteiger partial charge in [0.1, 0.15) is 0 Å². The van der Waals surface area contributed by atoms with Crippen LogP contribution in [0.5, 0.6) is 0 Å². The van der Waals surface area contributed by atoms with Crippen LogP contribution in [-0.2, 0) is 20.7 Å². The Morgan fingerprint density at radius 3 is 2.80 bits per heavy atom. The summed E-state index contributed by atoms with van der Waals surface area (Å²) in [6, 6.07) is 8.18. The number of nitrogens with one attached hydrogen (secondary N) is 1. The molecule has 0 radical (unpaired) electrons.